The van der Waals surface area contributed by atoms with E-state index in [1.54, 1.807) is 18.2 Å². The van der Waals surface area contributed by atoms with Gasteiger partial charge in [-0.15, -0.1) is 0 Å². The molecular formula is C11H11BrO4. The molecule has 16 heavy (non-hydrogen) atoms. The number of benzene rings is 1. The zero-order valence-electron chi connectivity index (χ0n) is 8.39. The van der Waals surface area contributed by atoms with Crippen LogP contribution in [0.15, 0.2) is 22.7 Å². The van der Waals surface area contributed by atoms with E-state index in [4.69, 9.17) is 9.84 Å². The second-order valence-electron chi connectivity index (χ2n) is 3.75. The van der Waals surface area contributed by atoms with Crippen LogP contribution in [0.4, 0.5) is 0 Å². The molecule has 1 atom stereocenters. The highest BCUT2D eigenvalue weighted by molar-refractivity contribution is 9.10. The molecule has 4 nitrogen and oxygen atoms in total. The van der Waals surface area contributed by atoms with Crippen LogP contribution in [-0.2, 0) is 4.79 Å². The van der Waals surface area contributed by atoms with Gasteiger partial charge in [-0.1, -0.05) is 6.07 Å². The first-order valence-corrected chi connectivity index (χ1v) is 5.74. The van der Waals surface area contributed by atoms with Crippen molar-refractivity contribution in [1.29, 1.82) is 0 Å². The Morgan fingerprint density at radius 2 is 2.19 bits per heavy atom. The molecule has 2 N–H and O–H groups in total. The van der Waals surface area contributed by atoms with Crippen molar-refractivity contribution in [2.24, 2.45) is 0 Å². The largest absolute Gasteiger partial charge is 0.489 e. The first kappa shape index (κ1) is 11.4. The van der Waals surface area contributed by atoms with Crippen LogP contribution < -0.4 is 4.74 Å². The van der Waals surface area contributed by atoms with Crippen LogP contribution >= 0.6 is 15.9 Å². The summed E-state index contributed by atoms with van der Waals surface area (Å²) in [6, 6.07) is 4.79. The lowest BCUT2D eigenvalue weighted by atomic mass is 10.1. The molecule has 86 valence electrons. The maximum atomic E-state index is 10.6. The van der Waals surface area contributed by atoms with Crippen molar-refractivity contribution in [3.63, 3.8) is 0 Å². The summed E-state index contributed by atoms with van der Waals surface area (Å²) in [5.41, 5.74) is 0.336. The zero-order chi connectivity index (χ0) is 11.7. The van der Waals surface area contributed by atoms with Gasteiger partial charge in [0.25, 0.3) is 0 Å². The van der Waals surface area contributed by atoms with E-state index in [9.17, 15) is 9.90 Å². The van der Waals surface area contributed by atoms with Gasteiger partial charge in [-0.2, -0.15) is 0 Å². The van der Waals surface area contributed by atoms with E-state index in [1.807, 2.05) is 0 Å². The molecule has 0 aliphatic heterocycles. The van der Waals surface area contributed by atoms with E-state index in [1.165, 1.54) is 0 Å². The SMILES string of the molecule is O=C(O)C(O)c1ccc(OC2CC2)c(Br)c1. The summed E-state index contributed by atoms with van der Waals surface area (Å²) in [6.45, 7) is 0. The predicted octanol–water partition coefficient (Wildman–Crippen LogP) is 2.11. The molecule has 0 heterocycles. The first-order valence-electron chi connectivity index (χ1n) is 4.95. The van der Waals surface area contributed by atoms with Gasteiger partial charge in [0.1, 0.15) is 5.75 Å². The molecule has 0 spiro atoms. The molecule has 2 rings (SSSR count). The van der Waals surface area contributed by atoms with Gasteiger partial charge < -0.3 is 14.9 Å². The number of aliphatic hydroxyl groups is 1. The number of carboxylic acid groups (broad SMARTS) is 1. The van der Waals surface area contributed by atoms with Gasteiger partial charge in [-0.3, -0.25) is 0 Å². The smallest absolute Gasteiger partial charge is 0.337 e. The van der Waals surface area contributed by atoms with Gasteiger partial charge in [0.05, 0.1) is 10.6 Å². The summed E-state index contributed by atoms with van der Waals surface area (Å²) in [5, 5.41) is 18.0. The highest BCUT2D eigenvalue weighted by Crippen LogP contribution is 2.33. The van der Waals surface area contributed by atoms with E-state index in [-0.39, 0.29) is 6.10 Å². The lowest BCUT2D eigenvalue weighted by molar-refractivity contribution is -0.146. The number of ether oxygens (including phenoxy) is 1. The monoisotopic (exact) mass is 286 g/mol. The number of aliphatic carboxylic acids is 1. The molecule has 1 aromatic carbocycles. The summed E-state index contributed by atoms with van der Waals surface area (Å²) >= 11 is 3.29. The minimum atomic E-state index is -1.49. The number of carboxylic acids is 1. The van der Waals surface area contributed by atoms with Crippen LogP contribution in [0.2, 0.25) is 0 Å². The summed E-state index contributed by atoms with van der Waals surface area (Å²) < 4.78 is 6.24. The minimum absolute atomic E-state index is 0.284. The third kappa shape index (κ3) is 2.54. The van der Waals surface area contributed by atoms with Gasteiger partial charge in [-0.25, -0.2) is 4.79 Å². The molecule has 0 saturated heterocycles. The molecule has 0 radical (unpaired) electrons. The molecule has 0 amide bonds. The van der Waals surface area contributed by atoms with Crippen molar-refractivity contribution >= 4 is 21.9 Å². The third-order valence-corrected chi connectivity index (χ3v) is 2.94. The quantitative estimate of drug-likeness (QED) is 0.890. The average Bonchev–Trinajstić information content (AvgIpc) is 3.03. The summed E-state index contributed by atoms with van der Waals surface area (Å²) in [4.78, 5) is 10.6. The second-order valence-corrected chi connectivity index (χ2v) is 4.60. The third-order valence-electron chi connectivity index (χ3n) is 2.32. The average molecular weight is 287 g/mol. The van der Waals surface area contributed by atoms with Crippen molar-refractivity contribution in [3.05, 3.63) is 28.2 Å². The van der Waals surface area contributed by atoms with Crippen molar-refractivity contribution in [3.8, 4) is 5.75 Å². The lowest BCUT2D eigenvalue weighted by Gasteiger charge is -2.10. The molecule has 1 aromatic rings. The fourth-order valence-electron chi connectivity index (χ4n) is 1.29. The topological polar surface area (TPSA) is 66.8 Å². The molecule has 1 unspecified atom stereocenters. The Morgan fingerprint density at radius 3 is 2.69 bits per heavy atom. The molecule has 5 heteroatoms. The van der Waals surface area contributed by atoms with E-state index < -0.39 is 12.1 Å². The van der Waals surface area contributed by atoms with Crippen LogP contribution in [0, 0.1) is 0 Å². The van der Waals surface area contributed by atoms with Crippen molar-refractivity contribution in [1.82, 2.24) is 0 Å². The second kappa shape index (κ2) is 4.43. The van der Waals surface area contributed by atoms with Crippen molar-refractivity contribution in [2.45, 2.75) is 25.0 Å². The molecule has 1 aliphatic carbocycles. The number of carbonyl (C=O) groups is 1. The fourth-order valence-corrected chi connectivity index (χ4v) is 1.78. The van der Waals surface area contributed by atoms with Crippen LogP contribution in [0.25, 0.3) is 0 Å². The summed E-state index contributed by atoms with van der Waals surface area (Å²) in [7, 11) is 0. The van der Waals surface area contributed by atoms with Crippen LogP contribution in [-0.4, -0.2) is 22.3 Å². The lowest BCUT2D eigenvalue weighted by Crippen LogP contribution is -2.10. The highest BCUT2D eigenvalue weighted by Gasteiger charge is 2.25. The van der Waals surface area contributed by atoms with Gasteiger partial charge in [0.2, 0.25) is 0 Å². The molecule has 0 bridgehead atoms. The summed E-state index contributed by atoms with van der Waals surface area (Å²) in [5.74, 6) is -0.577. The number of hydrogen-bond donors (Lipinski definition) is 2. The van der Waals surface area contributed by atoms with Crippen LogP contribution in [0.3, 0.4) is 0 Å². The standard InChI is InChI=1S/C11H11BrO4/c12-8-5-6(10(13)11(14)15)1-4-9(8)16-7-2-3-7/h1,4-5,7,10,13H,2-3H2,(H,14,15). The van der Waals surface area contributed by atoms with Gasteiger partial charge in [0, 0.05) is 0 Å². The maximum Gasteiger partial charge on any atom is 0.337 e. The summed E-state index contributed by atoms with van der Waals surface area (Å²) in [6.07, 6.45) is 0.913. The Bertz CT molecular complexity index is 414. The normalized spacial score (nSPS) is 16.9. The molecular weight excluding hydrogens is 276 g/mol. The first-order chi connectivity index (χ1) is 7.58. The maximum absolute atomic E-state index is 10.6. The van der Waals surface area contributed by atoms with E-state index in [2.05, 4.69) is 15.9 Å². The number of halogens is 1. The van der Waals surface area contributed by atoms with Crippen molar-refractivity contribution in [2.75, 3.05) is 0 Å². The Kier molecular flexibility index (Phi) is 3.16. The number of aliphatic hydroxyl groups excluding tert-OH is 1. The number of hydrogen-bond acceptors (Lipinski definition) is 3. The minimum Gasteiger partial charge on any atom is -0.489 e. The molecule has 0 aromatic heterocycles. The predicted molar refractivity (Wildman–Crippen MR) is 60.4 cm³/mol. The van der Waals surface area contributed by atoms with E-state index in [0.29, 0.717) is 15.8 Å². The Morgan fingerprint density at radius 1 is 1.50 bits per heavy atom. The molecule has 1 saturated carbocycles. The van der Waals surface area contributed by atoms with Gasteiger partial charge in [0.15, 0.2) is 6.10 Å². The van der Waals surface area contributed by atoms with Crippen molar-refractivity contribution < 1.29 is 19.7 Å². The zero-order valence-corrected chi connectivity index (χ0v) is 9.98. The number of rotatable bonds is 4. The fraction of sp³-hybridized carbons (Fsp3) is 0.364. The highest BCUT2D eigenvalue weighted by atomic mass is 79.9. The van der Waals surface area contributed by atoms with Crippen LogP contribution in [0.1, 0.15) is 24.5 Å². The molecule has 1 fully saturated rings. The Hall–Kier alpha value is -1.07. The van der Waals surface area contributed by atoms with Gasteiger partial charge >= 0.3 is 5.97 Å². The Balaban J connectivity index is 2.17. The van der Waals surface area contributed by atoms with Crippen LogP contribution in [0.5, 0.6) is 5.75 Å². The Labute approximate surface area is 101 Å². The van der Waals surface area contributed by atoms with E-state index >= 15 is 0 Å². The van der Waals surface area contributed by atoms with Gasteiger partial charge in [-0.05, 0) is 46.5 Å². The van der Waals surface area contributed by atoms with E-state index in [0.717, 1.165) is 12.8 Å². The molecule has 1 aliphatic rings.